The number of ether oxygens (including phenoxy) is 1. The van der Waals surface area contributed by atoms with Crippen molar-refractivity contribution in [1.29, 1.82) is 5.26 Å². The van der Waals surface area contributed by atoms with E-state index in [1.807, 2.05) is 0 Å². The summed E-state index contributed by atoms with van der Waals surface area (Å²) in [6, 6.07) is 7.62. The van der Waals surface area contributed by atoms with Crippen molar-refractivity contribution in [1.82, 2.24) is 4.98 Å². The van der Waals surface area contributed by atoms with Crippen LogP contribution in [0.25, 0.3) is 10.8 Å². The smallest absolute Gasteiger partial charge is 0.419 e. The highest BCUT2D eigenvalue weighted by Gasteiger charge is 2.34. The first-order valence-electron chi connectivity index (χ1n) is 7.45. The molecule has 3 rings (SSSR count). The molecule has 0 amide bonds. The van der Waals surface area contributed by atoms with Gasteiger partial charge in [0.1, 0.15) is 29.9 Å². The lowest BCUT2D eigenvalue weighted by Crippen LogP contribution is -2.14. The van der Waals surface area contributed by atoms with Crippen molar-refractivity contribution in [3.8, 4) is 11.9 Å². The predicted molar refractivity (Wildman–Crippen MR) is 85.0 cm³/mol. The number of aromatic amines is 1. The second-order valence-electron chi connectivity index (χ2n) is 5.53. The molecular formula is C18H9F5N2O2. The maximum atomic E-state index is 14.1. The molecule has 0 atom stereocenters. The fourth-order valence-electron chi connectivity index (χ4n) is 2.56. The molecule has 0 saturated heterocycles. The van der Waals surface area contributed by atoms with Gasteiger partial charge in [-0.05, 0) is 24.3 Å². The van der Waals surface area contributed by atoms with Crippen molar-refractivity contribution in [2.75, 3.05) is 0 Å². The zero-order valence-corrected chi connectivity index (χ0v) is 13.3. The van der Waals surface area contributed by atoms with Gasteiger partial charge in [0.05, 0.1) is 5.56 Å². The summed E-state index contributed by atoms with van der Waals surface area (Å²) >= 11 is 0. The highest BCUT2D eigenvalue weighted by atomic mass is 19.4. The number of alkyl halides is 3. The lowest BCUT2D eigenvalue weighted by Gasteiger charge is -2.13. The molecule has 27 heavy (non-hydrogen) atoms. The molecule has 9 heteroatoms. The minimum atomic E-state index is -4.88. The van der Waals surface area contributed by atoms with Crippen LogP contribution in [0.1, 0.15) is 16.7 Å². The molecular weight excluding hydrogens is 371 g/mol. The van der Waals surface area contributed by atoms with Gasteiger partial charge in [-0.25, -0.2) is 8.78 Å². The monoisotopic (exact) mass is 380 g/mol. The van der Waals surface area contributed by atoms with Gasteiger partial charge >= 0.3 is 6.18 Å². The van der Waals surface area contributed by atoms with Gasteiger partial charge in [-0.2, -0.15) is 18.4 Å². The molecule has 1 N–H and O–H groups in total. The lowest BCUT2D eigenvalue weighted by molar-refractivity contribution is -0.140. The Morgan fingerprint density at radius 2 is 1.85 bits per heavy atom. The zero-order valence-electron chi connectivity index (χ0n) is 13.3. The van der Waals surface area contributed by atoms with E-state index < -0.39 is 41.1 Å². The topological polar surface area (TPSA) is 65.9 Å². The normalized spacial score (nSPS) is 11.4. The lowest BCUT2D eigenvalue weighted by atomic mass is 10.1. The molecule has 0 spiro atoms. The molecule has 1 aromatic heterocycles. The molecule has 0 bridgehead atoms. The fraction of sp³-hybridized carbons (Fsp3) is 0.111. The summed E-state index contributed by atoms with van der Waals surface area (Å²) in [5.74, 6) is -2.48. The number of fused-ring (bicyclic) bond motifs is 1. The maximum absolute atomic E-state index is 14.1. The minimum absolute atomic E-state index is 0.0264. The number of rotatable bonds is 3. The van der Waals surface area contributed by atoms with E-state index in [0.29, 0.717) is 6.07 Å². The maximum Gasteiger partial charge on any atom is 0.419 e. The van der Waals surface area contributed by atoms with Crippen molar-refractivity contribution < 1.29 is 26.7 Å². The molecule has 0 aliphatic carbocycles. The average molecular weight is 380 g/mol. The number of halogens is 5. The van der Waals surface area contributed by atoms with Crippen molar-refractivity contribution in [3.05, 3.63) is 75.1 Å². The summed E-state index contributed by atoms with van der Waals surface area (Å²) in [5, 5.41) is 9.19. The Labute approximate surface area is 148 Å². The zero-order chi connectivity index (χ0) is 19.8. The van der Waals surface area contributed by atoms with E-state index in [2.05, 4.69) is 4.98 Å². The van der Waals surface area contributed by atoms with E-state index in [1.54, 1.807) is 6.07 Å². The first-order valence-corrected chi connectivity index (χ1v) is 7.45. The highest BCUT2D eigenvalue weighted by molar-refractivity contribution is 5.91. The largest absolute Gasteiger partial charge is 0.473 e. The molecule has 2 aromatic carbocycles. The van der Waals surface area contributed by atoms with Gasteiger partial charge in [0.15, 0.2) is 0 Å². The van der Waals surface area contributed by atoms with Crippen molar-refractivity contribution in [3.63, 3.8) is 0 Å². The fourth-order valence-corrected chi connectivity index (χ4v) is 2.56. The summed E-state index contributed by atoms with van der Waals surface area (Å²) in [6.45, 7) is -0.650. The molecule has 3 aromatic rings. The molecule has 1 heterocycles. The number of nitrogens with one attached hydrogen (secondary N) is 1. The van der Waals surface area contributed by atoms with E-state index in [1.165, 1.54) is 6.07 Å². The first kappa shape index (κ1) is 18.4. The molecule has 0 aliphatic heterocycles. The Hall–Kier alpha value is -3.41. The van der Waals surface area contributed by atoms with Gasteiger partial charge in [-0.3, -0.25) is 9.78 Å². The molecule has 0 unspecified atom stereocenters. The standard InChI is InChI=1S/C18H9F5N2O2/c19-10-4-5-11-12(6-10)17(25-16(26)13(11)7-24)27-8-9-2-1-3-14(15(9)20)18(21,22)23/h1-6H,8H2,(H,25,26). The number of hydrogen-bond acceptors (Lipinski definition) is 3. The van der Waals surface area contributed by atoms with E-state index >= 15 is 0 Å². The van der Waals surface area contributed by atoms with Crippen molar-refractivity contribution in [2.24, 2.45) is 0 Å². The van der Waals surface area contributed by atoms with Gasteiger partial charge in [-0.15, -0.1) is 0 Å². The van der Waals surface area contributed by atoms with Crippen LogP contribution < -0.4 is 10.3 Å². The van der Waals surface area contributed by atoms with Crippen molar-refractivity contribution in [2.45, 2.75) is 12.8 Å². The number of H-pyrrole nitrogens is 1. The molecule has 0 saturated carbocycles. The van der Waals surface area contributed by atoms with Crippen LogP contribution in [0.5, 0.6) is 5.88 Å². The molecule has 138 valence electrons. The van der Waals surface area contributed by atoms with Crippen LogP contribution in [0.15, 0.2) is 41.2 Å². The Balaban J connectivity index is 2.03. The number of aromatic nitrogens is 1. The Bertz CT molecular complexity index is 1130. The number of benzene rings is 2. The molecule has 0 radical (unpaired) electrons. The number of nitriles is 1. The summed E-state index contributed by atoms with van der Waals surface area (Å²) in [4.78, 5) is 14.2. The number of hydrogen-bond donors (Lipinski definition) is 1. The van der Waals surface area contributed by atoms with E-state index in [4.69, 9.17) is 10.00 Å². The number of nitrogens with zero attached hydrogens (tertiary/aromatic N) is 1. The van der Waals surface area contributed by atoms with Gasteiger partial charge in [0.2, 0.25) is 5.88 Å². The first-order chi connectivity index (χ1) is 12.7. The quantitative estimate of drug-likeness (QED) is 0.690. The van der Waals surface area contributed by atoms with Crippen LogP contribution in [0.2, 0.25) is 0 Å². The van der Waals surface area contributed by atoms with E-state index in [9.17, 15) is 26.7 Å². The summed E-state index contributed by atoms with van der Waals surface area (Å²) in [6.07, 6.45) is -4.88. The van der Waals surface area contributed by atoms with Crippen LogP contribution in [0.4, 0.5) is 22.0 Å². The van der Waals surface area contributed by atoms with E-state index in [0.717, 1.165) is 24.3 Å². The third kappa shape index (κ3) is 3.46. The summed E-state index contributed by atoms with van der Waals surface area (Å²) < 4.78 is 71.2. The van der Waals surface area contributed by atoms with Gasteiger partial charge in [0.25, 0.3) is 5.56 Å². The predicted octanol–water partition coefficient (Wildman–Crippen LogP) is 4.28. The third-order valence-corrected chi connectivity index (χ3v) is 3.82. The van der Waals surface area contributed by atoms with Crippen LogP contribution >= 0.6 is 0 Å². The van der Waals surface area contributed by atoms with Crippen LogP contribution in [-0.2, 0) is 12.8 Å². The van der Waals surface area contributed by atoms with Crippen LogP contribution in [-0.4, -0.2) is 4.98 Å². The molecule has 0 fully saturated rings. The second-order valence-corrected chi connectivity index (χ2v) is 5.53. The Morgan fingerprint density at radius 1 is 1.11 bits per heavy atom. The molecule has 0 aliphatic rings. The second kappa shape index (κ2) is 6.72. The highest BCUT2D eigenvalue weighted by Crippen LogP contribution is 2.33. The SMILES string of the molecule is N#Cc1c(=O)[nH]c(OCc2cccc(C(F)(F)F)c2F)c2cc(F)ccc12. The summed E-state index contributed by atoms with van der Waals surface area (Å²) in [5.41, 5.74) is -2.95. The Morgan fingerprint density at radius 3 is 2.52 bits per heavy atom. The third-order valence-electron chi connectivity index (χ3n) is 3.82. The van der Waals surface area contributed by atoms with Crippen LogP contribution in [0, 0.1) is 23.0 Å². The van der Waals surface area contributed by atoms with Gasteiger partial charge in [-0.1, -0.05) is 12.1 Å². The Kier molecular flexibility index (Phi) is 4.57. The summed E-state index contributed by atoms with van der Waals surface area (Å²) in [7, 11) is 0. The minimum Gasteiger partial charge on any atom is -0.473 e. The van der Waals surface area contributed by atoms with E-state index in [-0.39, 0.29) is 22.2 Å². The van der Waals surface area contributed by atoms with Gasteiger partial charge < -0.3 is 4.74 Å². The number of pyridine rings is 1. The van der Waals surface area contributed by atoms with Gasteiger partial charge in [0, 0.05) is 16.3 Å². The average Bonchev–Trinajstić information content (AvgIpc) is 2.60. The van der Waals surface area contributed by atoms with Crippen molar-refractivity contribution >= 4 is 10.8 Å². The van der Waals surface area contributed by atoms with Crippen LogP contribution in [0.3, 0.4) is 0 Å². The molecule has 4 nitrogen and oxygen atoms in total.